The van der Waals surface area contributed by atoms with Crippen LogP contribution in [0.4, 0.5) is 0 Å². The molecule has 0 heterocycles. The molecule has 0 bridgehead atoms. The lowest BCUT2D eigenvalue weighted by molar-refractivity contribution is -0.137. The van der Waals surface area contributed by atoms with Crippen LogP contribution in [0, 0.1) is 0 Å². The van der Waals surface area contributed by atoms with Crippen molar-refractivity contribution >= 4 is 16.0 Å². The molecule has 0 aliphatic rings. The third kappa shape index (κ3) is 5.64. The Morgan fingerprint density at radius 1 is 1.33 bits per heavy atom. The number of aliphatic hydroxyl groups excluding tert-OH is 2. The van der Waals surface area contributed by atoms with Crippen LogP contribution < -0.4 is 10.5 Å². The van der Waals surface area contributed by atoms with E-state index in [9.17, 15) is 13.2 Å². The molecule has 0 amide bonds. The van der Waals surface area contributed by atoms with Crippen LogP contribution in [0.2, 0.25) is 0 Å². The predicted octanol–water partition coefficient (Wildman–Crippen LogP) is -3.33. The molecule has 0 aromatic heterocycles. The van der Waals surface area contributed by atoms with Gasteiger partial charge in [0, 0.05) is 0 Å². The fraction of sp³-hybridized carbons (Fsp3) is 0.833. The van der Waals surface area contributed by atoms with Crippen LogP contribution in [0.15, 0.2) is 0 Å². The van der Waals surface area contributed by atoms with Crippen LogP contribution in [0.25, 0.3) is 0 Å². The third-order valence-electron chi connectivity index (χ3n) is 1.50. The van der Waals surface area contributed by atoms with E-state index in [4.69, 9.17) is 21.1 Å². The van der Waals surface area contributed by atoms with Gasteiger partial charge in [0.25, 0.3) is 0 Å². The van der Waals surface area contributed by atoms with Crippen LogP contribution in [0.3, 0.4) is 0 Å². The van der Waals surface area contributed by atoms with E-state index in [1.54, 1.807) is 0 Å². The van der Waals surface area contributed by atoms with Gasteiger partial charge < -0.3 is 21.1 Å². The van der Waals surface area contributed by atoms with Crippen LogP contribution in [0.5, 0.6) is 0 Å². The highest BCUT2D eigenvalue weighted by molar-refractivity contribution is 7.89. The average molecular weight is 242 g/mol. The first kappa shape index (κ1) is 14.3. The number of carboxylic acid groups (broad SMARTS) is 1. The van der Waals surface area contributed by atoms with Gasteiger partial charge in [-0.3, -0.25) is 4.79 Å². The van der Waals surface area contributed by atoms with Gasteiger partial charge in [0.05, 0.1) is 25.0 Å². The second-order valence-corrected chi connectivity index (χ2v) is 4.70. The summed E-state index contributed by atoms with van der Waals surface area (Å²) in [6.45, 7) is -1.17. The normalized spacial score (nSPS) is 14.1. The molecular formula is C6H14N2O6S. The highest BCUT2D eigenvalue weighted by Crippen LogP contribution is 1.92. The van der Waals surface area contributed by atoms with Gasteiger partial charge in [-0.05, 0) is 0 Å². The smallest absolute Gasteiger partial charge is 0.321 e. The molecule has 90 valence electrons. The van der Waals surface area contributed by atoms with Gasteiger partial charge >= 0.3 is 5.97 Å². The first-order valence-corrected chi connectivity index (χ1v) is 5.67. The molecule has 0 fully saturated rings. The van der Waals surface area contributed by atoms with Crippen molar-refractivity contribution in [2.24, 2.45) is 5.73 Å². The van der Waals surface area contributed by atoms with Gasteiger partial charge in [-0.1, -0.05) is 0 Å². The summed E-state index contributed by atoms with van der Waals surface area (Å²) in [5.41, 5.74) is 5.02. The standard InChI is InChI=1S/C6H14N2O6S/c7-5(6(11)12)3-15(13,14)8-4(1-9)2-10/h4-5,8-10H,1-3,7H2,(H,11,12)/t5-/m0/s1. The van der Waals surface area contributed by atoms with Crippen molar-refractivity contribution in [3.63, 3.8) is 0 Å². The lowest BCUT2D eigenvalue weighted by atomic mass is 10.4. The Bertz CT molecular complexity index is 299. The molecular weight excluding hydrogens is 228 g/mol. The minimum atomic E-state index is -3.93. The number of sulfonamides is 1. The van der Waals surface area contributed by atoms with Crippen molar-refractivity contribution in [3.05, 3.63) is 0 Å². The van der Waals surface area contributed by atoms with Crippen molar-refractivity contribution in [1.29, 1.82) is 0 Å². The Hall–Kier alpha value is -0.740. The van der Waals surface area contributed by atoms with Gasteiger partial charge in [0.2, 0.25) is 10.0 Å². The monoisotopic (exact) mass is 242 g/mol. The predicted molar refractivity (Wildman–Crippen MR) is 50.5 cm³/mol. The molecule has 0 aromatic carbocycles. The first-order chi connectivity index (χ1) is 6.82. The van der Waals surface area contributed by atoms with E-state index in [0.29, 0.717) is 0 Å². The highest BCUT2D eigenvalue weighted by Gasteiger charge is 2.23. The zero-order valence-electron chi connectivity index (χ0n) is 7.83. The topological polar surface area (TPSA) is 150 Å². The minimum Gasteiger partial charge on any atom is -0.480 e. The number of hydrogen-bond acceptors (Lipinski definition) is 6. The summed E-state index contributed by atoms with van der Waals surface area (Å²) >= 11 is 0. The van der Waals surface area contributed by atoms with Crippen molar-refractivity contribution in [2.75, 3.05) is 19.0 Å². The molecule has 15 heavy (non-hydrogen) atoms. The third-order valence-corrected chi connectivity index (χ3v) is 2.99. The van der Waals surface area contributed by atoms with Gasteiger partial charge in [-0.25, -0.2) is 13.1 Å². The number of aliphatic carboxylic acids is 1. The second-order valence-electron chi connectivity index (χ2n) is 2.91. The molecule has 6 N–H and O–H groups in total. The Kier molecular flexibility index (Phi) is 5.68. The summed E-state index contributed by atoms with van der Waals surface area (Å²) in [7, 11) is -3.93. The average Bonchev–Trinajstić information content (AvgIpc) is 2.13. The lowest BCUT2D eigenvalue weighted by Crippen LogP contribution is -2.46. The summed E-state index contributed by atoms with van der Waals surface area (Å²) in [6.07, 6.45) is 0. The second kappa shape index (κ2) is 5.98. The first-order valence-electron chi connectivity index (χ1n) is 4.02. The molecule has 0 saturated heterocycles. The van der Waals surface area contributed by atoms with Crippen LogP contribution in [-0.2, 0) is 14.8 Å². The van der Waals surface area contributed by atoms with Gasteiger partial charge in [-0.15, -0.1) is 0 Å². The molecule has 0 unspecified atom stereocenters. The molecule has 1 atom stereocenters. The minimum absolute atomic E-state index is 0.585. The van der Waals surface area contributed by atoms with Crippen molar-refractivity contribution in [1.82, 2.24) is 4.72 Å². The number of nitrogens with one attached hydrogen (secondary N) is 1. The Labute approximate surface area is 86.8 Å². The number of aliphatic hydroxyl groups is 2. The molecule has 0 aromatic rings. The molecule has 0 saturated carbocycles. The Morgan fingerprint density at radius 3 is 2.13 bits per heavy atom. The summed E-state index contributed by atoms with van der Waals surface area (Å²) in [5.74, 6) is -2.25. The van der Waals surface area contributed by atoms with E-state index < -0.39 is 47.0 Å². The number of carbonyl (C=O) groups is 1. The van der Waals surface area contributed by atoms with Gasteiger partial charge in [0.15, 0.2) is 0 Å². The van der Waals surface area contributed by atoms with Gasteiger partial charge in [-0.2, -0.15) is 0 Å². The maximum absolute atomic E-state index is 11.2. The Balaban J connectivity index is 4.37. The maximum Gasteiger partial charge on any atom is 0.321 e. The zero-order valence-corrected chi connectivity index (χ0v) is 8.64. The highest BCUT2D eigenvalue weighted by atomic mass is 32.2. The van der Waals surface area contributed by atoms with E-state index in [-0.39, 0.29) is 0 Å². The Morgan fingerprint density at radius 2 is 1.80 bits per heavy atom. The van der Waals surface area contributed by atoms with E-state index in [2.05, 4.69) is 0 Å². The van der Waals surface area contributed by atoms with E-state index >= 15 is 0 Å². The summed E-state index contributed by atoms with van der Waals surface area (Å²) < 4.78 is 24.3. The zero-order chi connectivity index (χ0) is 12.1. The fourth-order valence-corrected chi connectivity index (χ4v) is 2.11. The van der Waals surface area contributed by atoms with Gasteiger partial charge in [0.1, 0.15) is 6.04 Å². The summed E-state index contributed by atoms with van der Waals surface area (Å²) in [4.78, 5) is 10.3. The van der Waals surface area contributed by atoms with Crippen LogP contribution in [0.1, 0.15) is 0 Å². The molecule has 0 radical (unpaired) electrons. The molecule has 8 nitrogen and oxygen atoms in total. The molecule has 0 aliphatic heterocycles. The fourth-order valence-electron chi connectivity index (χ4n) is 0.742. The van der Waals surface area contributed by atoms with Crippen molar-refractivity contribution in [2.45, 2.75) is 12.1 Å². The molecule has 0 spiro atoms. The summed E-state index contributed by atoms with van der Waals surface area (Å²) in [6, 6.07) is -2.59. The molecule has 9 heteroatoms. The van der Waals surface area contributed by atoms with E-state index in [0.717, 1.165) is 0 Å². The number of nitrogens with two attached hydrogens (primary N) is 1. The molecule has 0 aliphatic carbocycles. The molecule has 0 rings (SSSR count). The number of rotatable bonds is 7. The van der Waals surface area contributed by atoms with Crippen molar-refractivity contribution in [3.8, 4) is 0 Å². The van der Waals surface area contributed by atoms with Crippen molar-refractivity contribution < 1.29 is 28.5 Å². The maximum atomic E-state index is 11.2. The van der Waals surface area contributed by atoms with E-state index in [1.807, 2.05) is 4.72 Å². The SMILES string of the molecule is N[C@@H](CS(=O)(=O)NC(CO)CO)C(=O)O. The number of hydrogen-bond donors (Lipinski definition) is 5. The number of carboxylic acids is 1. The quantitative estimate of drug-likeness (QED) is 0.313. The van der Waals surface area contributed by atoms with E-state index in [1.165, 1.54) is 0 Å². The summed E-state index contributed by atoms with van der Waals surface area (Å²) in [5, 5.41) is 25.6. The van der Waals surface area contributed by atoms with Crippen LogP contribution in [-0.4, -0.2) is 60.8 Å². The lowest BCUT2D eigenvalue weighted by Gasteiger charge is -2.14. The largest absolute Gasteiger partial charge is 0.480 e. The van der Waals surface area contributed by atoms with Crippen LogP contribution >= 0.6 is 0 Å².